The first-order valence-electron chi connectivity index (χ1n) is 5.65. The van der Waals surface area contributed by atoms with E-state index in [-0.39, 0.29) is 5.97 Å². The first-order valence-corrected chi connectivity index (χ1v) is 5.65. The Balaban J connectivity index is 1.82. The van der Waals surface area contributed by atoms with E-state index in [1.165, 1.54) is 24.5 Å². The van der Waals surface area contributed by atoms with E-state index >= 15 is 0 Å². The Kier molecular flexibility index (Phi) is 3.40. The lowest BCUT2D eigenvalue weighted by molar-refractivity contribution is -0.138. The van der Waals surface area contributed by atoms with Gasteiger partial charge in [-0.15, -0.1) is 0 Å². The van der Waals surface area contributed by atoms with Crippen molar-refractivity contribution in [3.63, 3.8) is 0 Å². The molecule has 0 radical (unpaired) electrons. The van der Waals surface area contributed by atoms with Crippen molar-refractivity contribution in [2.45, 2.75) is 19.8 Å². The van der Waals surface area contributed by atoms with Crippen LogP contribution in [0.25, 0.3) is 6.08 Å². The number of carbonyl (C=O) groups excluding carboxylic acids is 1. The van der Waals surface area contributed by atoms with Crippen LogP contribution in [0.2, 0.25) is 0 Å². The van der Waals surface area contributed by atoms with Crippen LogP contribution in [0.3, 0.4) is 0 Å². The average Bonchev–Trinajstić information content (AvgIpc) is 3.09. The van der Waals surface area contributed by atoms with Crippen molar-refractivity contribution in [1.82, 2.24) is 0 Å². The molecule has 1 aromatic carbocycles. The molecule has 0 unspecified atom stereocenters. The quantitative estimate of drug-likeness (QED) is 0.571. The number of hydrogen-bond acceptors (Lipinski definition) is 2. The zero-order valence-corrected chi connectivity index (χ0v) is 9.48. The summed E-state index contributed by atoms with van der Waals surface area (Å²) in [6, 6.07) is 8.02. The number of carbonyl (C=O) groups is 1. The maximum absolute atomic E-state index is 11.3. The van der Waals surface area contributed by atoms with Gasteiger partial charge >= 0.3 is 5.97 Å². The molecular weight excluding hydrogens is 200 g/mol. The molecule has 1 fully saturated rings. The minimum absolute atomic E-state index is 0.243. The van der Waals surface area contributed by atoms with Gasteiger partial charge in [0, 0.05) is 6.08 Å². The van der Waals surface area contributed by atoms with Crippen LogP contribution in [0.15, 0.2) is 30.3 Å². The molecule has 0 spiro atoms. The fourth-order valence-corrected chi connectivity index (χ4v) is 1.37. The first kappa shape index (κ1) is 10.9. The largest absolute Gasteiger partial charge is 0.462 e. The third kappa shape index (κ3) is 3.54. The van der Waals surface area contributed by atoms with Crippen molar-refractivity contribution in [2.24, 2.45) is 5.92 Å². The minimum Gasteiger partial charge on any atom is -0.462 e. The number of aryl methyl sites for hydroxylation is 1. The molecule has 0 atom stereocenters. The molecule has 0 N–H and O–H groups in total. The predicted octanol–water partition coefficient (Wildman–Crippen LogP) is 2.96. The zero-order valence-electron chi connectivity index (χ0n) is 9.48. The standard InChI is InChI=1S/C14H16O2/c1-11-2-4-12(5-3-11)8-9-14(15)16-10-13-6-7-13/h2-5,8-9,13H,6-7,10H2,1H3/b9-8+. The van der Waals surface area contributed by atoms with E-state index in [2.05, 4.69) is 0 Å². The van der Waals surface area contributed by atoms with Gasteiger partial charge in [0.2, 0.25) is 0 Å². The molecular formula is C14H16O2. The lowest BCUT2D eigenvalue weighted by atomic mass is 10.1. The predicted molar refractivity (Wildman–Crippen MR) is 63.9 cm³/mol. The van der Waals surface area contributed by atoms with E-state index in [0.29, 0.717) is 12.5 Å². The second-order valence-electron chi connectivity index (χ2n) is 4.32. The highest BCUT2D eigenvalue weighted by atomic mass is 16.5. The van der Waals surface area contributed by atoms with Crippen LogP contribution in [-0.4, -0.2) is 12.6 Å². The highest BCUT2D eigenvalue weighted by Gasteiger charge is 2.22. The third-order valence-corrected chi connectivity index (χ3v) is 2.65. The number of esters is 1. The fourth-order valence-electron chi connectivity index (χ4n) is 1.37. The van der Waals surface area contributed by atoms with Crippen molar-refractivity contribution < 1.29 is 9.53 Å². The van der Waals surface area contributed by atoms with Crippen LogP contribution in [0.4, 0.5) is 0 Å². The molecule has 1 aliphatic carbocycles. The second-order valence-corrected chi connectivity index (χ2v) is 4.32. The molecule has 0 amide bonds. The molecule has 84 valence electrons. The van der Waals surface area contributed by atoms with E-state index in [1.807, 2.05) is 31.2 Å². The van der Waals surface area contributed by atoms with Gasteiger partial charge in [0.05, 0.1) is 6.61 Å². The molecule has 0 heterocycles. The maximum atomic E-state index is 11.3. The van der Waals surface area contributed by atoms with Gasteiger partial charge in [-0.25, -0.2) is 4.79 Å². The Hall–Kier alpha value is -1.57. The van der Waals surface area contributed by atoms with Crippen molar-refractivity contribution in [2.75, 3.05) is 6.61 Å². The monoisotopic (exact) mass is 216 g/mol. The summed E-state index contributed by atoms with van der Waals surface area (Å²) in [6.45, 7) is 2.62. The summed E-state index contributed by atoms with van der Waals surface area (Å²) in [6.07, 6.45) is 5.69. The highest BCUT2D eigenvalue weighted by molar-refractivity contribution is 5.87. The van der Waals surface area contributed by atoms with E-state index in [4.69, 9.17) is 4.74 Å². The molecule has 16 heavy (non-hydrogen) atoms. The SMILES string of the molecule is Cc1ccc(/C=C/C(=O)OCC2CC2)cc1. The van der Waals surface area contributed by atoms with Crippen molar-refractivity contribution in [1.29, 1.82) is 0 Å². The van der Waals surface area contributed by atoms with Gasteiger partial charge in [0.25, 0.3) is 0 Å². The number of rotatable bonds is 4. The number of ether oxygens (including phenoxy) is 1. The lowest BCUT2D eigenvalue weighted by Gasteiger charge is -1.98. The van der Waals surface area contributed by atoms with Crippen LogP contribution < -0.4 is 0 Å². The van der Waals surface area contributed by atoms with Crippen LogP contribution >= 0.6 is 0 Å². The molecule has 1 aliphatic rings. The highest BCUT2D eigenvalue weighted by Crippen LogP contribution is 2.28. The number of benzene rings is 1. The first-order chi connectivity index (χ1) is 7.74. The Morgan fingerprint density at radius 2 is 2.06 bits per heavy atom. The third-order valence-electron chi connectivity index (χ3n) is 2.65. The zero-order chi connectivity index (χ0) is 11.4. The molecule has 0 aromatic heterocycles. The van der Waals surface area contributed by atoms with Crippen LogP contribution in [0.5, 0.6) is 0 Å². The van der Waals surface area contributed by atoms with Crippen LogP contribution in [0, 0.1) is 12.8 Å². The smallest absolute Gasteiger partial charge is 0.330 e. The molecule has 1 saturated carbocycles. The van der Waals surface area contributed by atoms with Gasteiger partial charge in [-0.3, -0.25) is 0 Å². The summed E-state index contributed by atoms with van der Waals surface area (Å²) in [7, 11) is 0. The van der Waals surface area contributed by atoms with Gasteiger partial charge in [-0.1, -0.05) is 29.8 Å². The Morgan fingerprint density at radius 3 is 2.69 bits per heavy atom. The summed E-state index contributed by atoms with van der Waals surface area (Å²) in [5, 5.41) is 0. The van der Waals surface area contributed by atoms with Crippen LogP contribution in [0.1, 0.15) is 24.0 Å². The van der Waals surface area contributed by atoms with E-state index < -0.39 is 0 Å². The normalized spacial score (nSPS) is 15.3. The summed E-state index contributed by atoms with van der Waals surface area (Å²) in [5.74, 6) is 0.379. The molecule has 2 nitrogen and oxygen atoms in total. The van der Waals surface area contributed by atoms with Crippen molar-refractivity contribution in [3.8, 4) is 0 Å². The Morgan fingerprint density at radius 1 is 1.38 bits per heavy atom. The summed E-state index contributed by atoms with van der Waals surface area (Å²) in [4.78, 5) is 11.3. The summed E-state index contributed by atoms with van der Waals surface area (Å²) in [5.41, 5.74) is 2.24. The van der Waals surface area contributed by atoms with Gasteiger partial charge < -0.3 is 4.74 Å². The van der Waals surface area contributed by atoms with Crippen molar-refractivity contribution >= 4 is 12.0 Å². The van der Waals surface area contributed by atoms with Gasteiger partial charge in [-0.05, 0) is 37.3 Å². The lowest BCUT2D eigenvalue weighted by Crippen LogP contribution is -2.03. The molecule has 0 aliphatic heterocycles. The molecule has 2 rings (SSSR count). The maximum Gasteiger partial charge on any atom is 0.330 e. The Bertz CT molecular complexity index is 386. The fraction of sp³-hybridized carbons (Fsp3) is 0.357. The molecule has 2 heteroatoms. The van der Waals surface area contributed by atoms with Crippen LogP contribution in [-0.2, 0) is 9.53 Å². The van der Waals surface area contributed by atoms with E-state index in [1.54, 1.807) is 6.08 Å². The van der Waals surface area contributed by atoms with Crippen molar-refractivity contribution in [3.05, 3.63) is 41.5 Å². The number of hydrogen-bond donors (Lipinski definition) is 0. The summed E-state index contributed by atoms with van der Waals surface area (Å²) >= 11 is 0. The van der Waals surface area contributed by atoms with E-state index in [0.717, 1.165) is 5.56 Å². The minimum atomic E-state index is -0.243. The average molecular weight is 216 g/mol. The molecule has 0 saturated heterocycles. The van der Waals surface area contributed by atoms with Gasteiger partial charge in [0.15, 0.2) is 0 Å². The van der Waals surface area contributed by atoms with E-state index in [9.17, 15) is 4.79 Å². The summed E-state index contributed by atoms with van der Waals surface area (Å²) < 4.78 is 5.09. The molecule has 0 bridgehead atoms. The topological polar surface area (TPSA) is 26.3 Å². The Labute approximate surface area is 95.9 Å². The van der Waals surface area contributed by atoms with Gasteiger partial charge in [-0.2, -0.15) is 0 Å². The van der Waals surface area contributed by atoms with Gasteiger partial charge in [0.1, 0.15) is 0 Å². The molecule has 1 aromatic rings. The second kappa shape index (κ2) is 4.97.